The van der Waals surface area contributed by atoms with Crippen LogP contribution in [0, 0.1) is 13.8 Å². The summed E-state index contributed by atoms with van der Waals surface area (Å²) in [5.41, 5.74) is 2.82. The van der Waals surface area contributed by atoms with Crippen LogP contribution in [0.2, 0.25) is 0 Å². The second-order valence-electron chi connectivity index (χ2n) is 5.86. The maximum Gasteiger partial charge on any atom is 0.245 e. The molecule has 0 aliphatic rings. The molecule has 2 rings (SSSR count). The summed E-state index contributed by atoms with van der Waals surface area (Å²) in [4.78, 5) is 12.4. The lowest BCUT2D eigenvalue weighted by atomic mass is 10.2. The van der Waals surface area contributed by atoms with Gasteiger partial charge in [0.2, 0.25) is 15.9 Å². The zero-order valence-corrected chi connectivity index (χ0v) is 15.6. The molecule has 0 aliphatic heterocycles. The molecular weight excluding hydrogens is 340 g/mol. The van der Waals surface area contributed by atoms with Crippen molar-refractivity contribution in [1.82, 2.24) is 0 Å². The van der Waals surface area contributed by atoms with Gasteiger partial charge in [-0.1, -0.05) is 18.2 Å². The van der Waals surface area contributed by atoms with E-state index in [0.29, 0.717) is 17.1 Å². The first kappa shape index (κ1) is 18.8. The molecule has 0 fully saturated rings. The van der Waals surface area contributed by atoms with Gasteiger partial charge < -0.3 is 10.1 Å². The first-order valence-corrected chi connectivity index (χ1v) is 9.54. The lowest BCUT2D eigenvalue weighted by Crippen LogP contribution is -2.37. The minimum atomic E-state index is -3.60. The number of nitrogens with zero attached hydrogens (tertiary/aromatic N) is 1. The van der Waals surface area contributed by atoms with E-state index in [1.54, 1.807) is 30.3 Å². The van der Waals surface area contributed by atoms with Crippen molar-refractivity contribution in [2.75, 3.05) is 29.5 Å². The Bertz CT molecular complexity index is 878. The molecule has 7 heteroatoms. The Morgan fingerprint density at radius 2 is 1.80 bits per heavy atom. The van der Waals surface area contributed by atoms with Gasteiger partial charge in [-0.15, -0.1) is 0 Å². The van der Waals surface area contributed by atoms with Crippen LogP contribution in [-0.4, -0.2) is 34.2 Å². The fourth-order valence-corrected chi connectivity index (χ4v) is 3.27. The van der Waals surface area contributed by atoms with Crippen LogP contribution in [0.1, 0.15) is 11.1 Å². The van der Waals surface area contributed by atoms with E-state index in [2.05, 4.69) is 5.32 Å². The molecule has 0 aromatic heterocycles. The molecular formula is C18H22N2O4S. The van der Waals surface area contributed by atoms with E-state index in [-0.39, 0.29) is 6.54 Å². The first-order valence-electron chi connectivity index (χ1n) is 7.69. The van der Waals surface area contributed by atoms with Crippen LogP contribution >= 0.6 is 0 Å². The highest BCUT2D eigenvalue weighted by Crippen LogP contribution is 2.25. The van der Waals surface area contributed by atoms with Crippen LogP contribution in [0.5, 0.6) is 5.75 Å². The molecule has 0 radical (unpaired) electrons. The van der Waals surface area contributed by atoms with Crippen molar-refractivity contribution in [2.24, 2.45) is 0 Å². The van der Waals surface area contributed by atoms with Crippen LogP contribution in [0.15, 0.2) is 42.5 Å². The van der Waals surface area contributed by atoms with Gasteiger partial charge in [0.05, 0.1) is 24.7 Å². The van der Waals surface area contributed by atoms with Gasteiger partial charge in [-0.05, 0) is 49.2 Å². The lowest BCUT2D eigenvalue weighted by Gasteiger charge is -2.22. The van der Waals surface area contributed by atoms with Gasteiger partial charge in [0.1, 0.15) is 12.3 Å². The number of carbonyl (C=O) groups is 1. The van der Waals surface area contributed by atoms with Crippen LogP contribution in [0.4, 0.5) is 11.4 Å². The maximum absolute atomic E-state index is 12.4. The predicted octanol–water partition coefficient (Wildman–Crippen LogP) is 2.72. The number of aryl methyl sites for hydroxylation is 2. The molecule has 0 saturated carbocycles. The molecule has 0 saturated heterocycles. The number of methoxy groups -OCH3 is 1. The normalized spacial score (nSPS) is 11.0. The van der Waals surface area contributed by atoms with Crippen molar-refractivity contribution in [3.05, 3.63) is 53.6 Å². The fraction of sp³-hybridized carbons (Fsp3) is 0.278. The highest BCUT2D eigenvalue weighted by molar-refractivity contribution is 7.92. The summed E-state index contributed by atoms with van der Waals surface area (Å²) in [6, 6.07) is 12.4. The second kappa shape index (κ2) is 7.57. The lowest BCUT2D eigenvalue weighted by molar-refractivity contribution is -0.114. The number of carbonyl (C=O) groups excluding carboxylic acids is 1. The molecule has 1 N–H and O–H groups in total. The van der Waals surface area contributed by atoms with Crippen LogP contribution in [0.3, 0.4) is 0 Å². The third-order valence-electron chi connectivity index (χ3n) is 3.61. The Hall–Kier alpha value is -2.54. The van der Waals surface area contributed by atoms with Gasteiger partial charge >= 0.3 is 0 Å². The maximum atomic E-state index is 12.4. The standard InChI is InChI=1S/C18H22N2O4S/c1-13-6-5-7-15(10-13)20(25(4,22)23)12-18(21)19-16-11-14(2)8-9-17(16)24-3/h5-11H,12H2,1-4H3,(H,19,21). The third kappa shape index (κ3) is 4.96. The Labute approximate surface area is 148 Å². The Kier molecular flexibility index (Phi) is 5.69. The third-order valence-corrected chi connectivity index (χ3v) is 4.75. The van der Waals surface area contributed by atoms with Gasteiger partial charge in [0.25, 0.3) is 0 Å². The smallest absolute Gasteiger partial charge is 0.245 e. The van der Waals surface area contributed by atoms with Crippen molar-refractivity contribution < 1.29 is 17.9 Å². The van der Waals surface area contributed by atoms with E-state index in [1.165, 1.54) is 7.11 Å². The molecule has 0 heterocycles. The van der Waals surface area contributed by atoms with E-state index >= 15 is 0 Å². The molecule has 6 nitrogen and oxygen atoms in total. The summed E-state index contributed by atoms with van der Waals surface area (Å²) in [5, 5.41) is 2.72. The summed E-state index contributed by atoms with van der Waals surface area (Å²) in [6.45, 7) is 3.44. The first-order chi connectivity index (χ1) is 11.7. The van der Waals surface area contributed by atoms with Gasteiger partial charge in [0, 0.05) is 0 Å². The van der Waals surface area contributed by atoms with E-state index in [9.17, 15) is 13.2 Å². The second-order valence-corrected chi connectivity index (χ2v) is 7.77. The zero-order valence-electron chi connectivity index (χ0n) is 14.7. The van der Waals surface area contributed by atoms with Crippen LogP contribution < -0.4 is 14.4 Å². The summed E-state index contributed by atoms with van der Waals surface area (Å²) in [7, 11) is -2.09. The Morgan fingerprint density at radius 3 is 2.40 bits per heavy atom. The molecule has 0 unspecified atom stereocenters. The van der Waals surface area contributed by atoms with Crippen molar-refractivity contribution >= 4 is 27.3 Å². The van der Waals surface area contributed by atoms with Crippen LogP contribution in [0.25, 0.3) is 0 Å². The Morgan fingerprint density at radius 1 is 1.12 bits per heavy atom. The quantitative estimate of drug-likeness (QED) is 0.857. The molecule has 0 aliphatic carbocycles. The molecule has 0 bridgehead atoms. The Balaban J connectivity index is 2.25. The van der Waals surface area contributed by atoms with Crippen molar-refractivity contribution in [2.45, 2.75) is 13.8 Å². The molecule has 1 amide bonds. The molecule has 2 aromatic rings. The molecule has 134 valence electrons. The molecule has 0 atom stereocenters. The number of benzene rings is 2. The number of rotatable bonds is 6. The number of amides is 1. The number of hydrogen-bond donors (Lipinski definition) is 1. The number of anilines is 2. The minimum absolute atomic E-state index is 0.320. The number of ether oxygens (including phenoxy) is 1. The highest BCUT2D eigenvalue weighted by atomic mass is 32.2. The van der Waals surface area contributed by atoms with Gasteiger partial charge in [-0.25, -0.2) is 8.42 Å². The van der Waals surface area contributed by atoms with Gasteiger partial charge in [-0.2, -0.15) is 0 Å². The highest BCUT2D eigenvalue weighted by Gasteiger charge is 2.21. The van der Waals surface area contributed by atoms with Gasteiger partial charge in [0.15, 0.2) is 0 Å². The number of sulfonamides is 1. The average molecular weight is 362 g/mol. The van der Waals surface area contributed by atoms with E-state index < -0.39 is 15.9 Å². The molecule has 0 spiro atoms. The van der Waals surface area contributed by atoms with E-state index in [1.807, 2.05) is 26.0 Å². The molecule has 25 heavy (non-hydrogen) atoms. The van der Waals surface area contributed by atoms with Gasteiger partial charge in [-0.3, -0.25) is 9.10 Å². The van der Waals surface area contributed by atoms with Crippen molar-refractivity contribution in [1.29, 1.82) is 0 Å². The summed E-state index contributed by atoms with van der Waals surface area (Å²) in [6.07, 6.45) is 1.08. The number of hydrogen-bond acceptors (Lipinski definition) is 4. The van der Waals surface area contributed by atoms with Crippen molar-refractivity contribution in [3.63, 3.8) is 0 Å². The predicted molar refractivity (Wildman–Crippen MR) is 99.7 cm³/mol. The summed E-state index contributed by atoms with van der Waals surface area (Å²) < 4.78 is 30.6. The largest absolute Gasteiger partial charge is 0.495 e. The summed E-state index contributed by atoms with van der Waals surface area (Å²) in [5.74, 6) is 0.0660. The fourth-order valence-electron chi connectivity index (χ4n) is 2.42. The van der Waals surface area contributed by atoms with E-state index in [0.717, 1.165) is 21.7 Å². The number of nitrogens with one attached hydrogen (secondary N) is 1. The van der Waals surface area contributed by atoms with Crippen molar-refractivity contribution in [3.8, 4) is 5.75 Å². The monoisotopic (exact) mass is 362 g/mol. The average Bonchev–Trinajstić information content (AvgIpc) is 2.52. The summed E-state index contributed by atoms with van der Waals surface area (Å²) >= 11 is 0. The zero-order chi connectivity index (χ0) is 18.6. The SMILES string of the molecule is COc1ccc(C)cc1NC(=O)CN(c1cccc(C)c1)S(C)(=O)=O. The van der Waals surface area contributed by atoms with Crippen LogP contribution in [-0.2, 0) is 14.8 Å². The topological polar surface area (TPSA) is 75.7 Å². The minimum Gasteiger partial charge on any atom is -0.495 e. The molecule has 2 aromatic carbocycles. The van der Waals surface area contributed by atoms with E-state index in [4.69, 9.17) is 4.74 Å².